The lowest BCUT2D eigenvalue weighted by molar-refractivity contribution is -0.137. The summed E-state index contributed by atoms with van der Waals surface area (Å²) >= 11 is 5.69. The number of alkyl halides is 5. The average Bonchev–Trinajstić information content (AvgIpc) is 2.73. The van der Waals surface area contributed by atoms with E-state index in [9.17, 15) is 36.6 Å². The zero-order valence-electron chi connectivity index (χ0n) is 16.6. The van der Waals surface area contributed by atoms with Crippen molar-refractivity contribution in [1.29, 1.82) is 0 Å². The van der Waals surface area contributed by atoms with Gasteiger partial charge >= 0.3 is 12.1 Å². The maximum absolute atomic E-state index is 13.4. The first-order valence-corrected chi connectivity index (χ1v) is 9.44. The number of carboxylic acids is 1. The summed E-state index contributed by atoms with van der Waals surface area (Å²) in [4.78, 5) is 31.6. The van der Waals surface area contributed by atoms with Crippen LogP contribution in [0.5, 0.6) is 5.88 Å². The summed E-state index contributed by atoms with van der Waals surface area (Å²) in [6, 6.07) is 3.23. The number of nitrogens with zero attached hydrogens (tertiary/aromatic N) is 3. The predicted molar refractivity (Wildman–Crippen MR) is 106 cm³/mol. The number of anilines is 1. The zero-order chi connectivity index (χ0) is 24.5. The highest BCUT2D eigenvalue weighted by Gasteiger charge is 2.32. The van der Waals surface area contributed by atoms with Gasteiger partial charge in [-0.15, -0.1) is 0 Å². The van der Waals surface area contributed by atoms with Crippen molar-refractivity contribution in [2.75, 3.05) is 11.9 Å². The van der Waals surface area contributed by atoms with Crippen LogP contribution in [0.15, 0.2) is 29.2 Å². The van der Waals surface area contributed by atoms with Gasteiger partial charge in [0.2, 0.25) is 5.88 Å². The molecule has 0 aliphatic heterocycles. The second kappa shape index (κ2) is 9.17. The van der Waals surface area contributed by atoms with Gasteiger partial charge in [-0.3, -0.25) is 9.20 Å². The van der Waals surface area contributed by atoms with Crippen molar-refractivity contribution >= 4 is 28.9 Å². The fraction of sp³-hybridized carbons (Fsp3) is 0.263. The summed E-state index contributed by atoms with van der Waals surface area (Å²) in [6.45, 7) is -0.323. The quantitative estimate of drug-likeness (QED) is 0.379. The van der Waals surface area contributed by atoms with E-state index in [0.29, 0.717) is 16.7 Å². The number of hydrogen-bond acceptors (Lipinski definition) is 6. The van der Waals surface area contributed by atoms with Gasteiger partial charge in [0.1, 0.15) is 10.8 Å². The van der Waals surface area contributed by atoms with Crippen LogP contribution in [-0.4, -0.2) is 38.5 Å². The monoisotopic (exact) mass is 492 g/mol. The van der Waals surface area contributed by atoms with E-state index in [0.717, 1.165) is 0 Å². The SMILES string of the molecule is Cc1c(OCC(F)F)nc2c(CNc3ccc(Cl)nc3C(=O)O)cc(C(F)(F)F)cn2c1=O. The second-order valence-corrected chi connectivity index (χ2v) is 7.07. The molecule has 3 aromatic heterocycles. The lowest BCUT2D eigenvalue weighted by Crippen LogP contribution is -2.23. The van der Waals surface area contributed by atoms with Crippen LogP contribution in [0.3, 0.4) is 0 Å². The van der Waals surface area contributed by atoms with E-state index in [-0.39, 0.29) is 27.6 Å². The molecule has 176 valence electrons. The minimum absolute atomic E-state index is 0.0638. The number of carboxylic acid groups (broad SMARTS) is 1. The second-order valence-electron chi connectivity index (χ2n) is 6.68. The Morgan fingerprint density at radius 1 is 1.30 bits per heavy atom. The van der Waals surface area contributed by atoms with Gasteiger partial charge in [0, 0.05) is 18.3 Å². The molecular formula is C19H14ClF5N4O4. The van der Waals surface area contributed by atoms with Crippen LogP contribution in [-0.2, 0) is 12.7 Å². The molecule has 33 heavy (non-hydrogen) atoms. The Bertz CT molecular complexity index is 1280. The molecule has 0 unspecified atom stereocenters. The van der Waals surface area contributed by atoms with Gasteiger partial charge < -0.3 is 15.2 Å². The molecule has 0 atom stereocenters. The number of rotatable bonds is 7. The van der Waals surface area contributed by atoms with Crippen LogP contribution in [0, 0.1) is 6.92 Å². The van der Waals surface area contributed by atoms with Crippen molar-refractivity contribution in [1.82, 2.24) is 14.4 Å². The Balaban J connectivity index is 2.14. The molecule has 0 bridgehead atoms. The molecule has 3 aromatic rings. The number of pyridine rings is 2. The first-order valence-electron chi connectivity index (χ1n) is 9.06. The smallest absolute Gasteiger partial charge is 0.417 e. The van der Waals surface area contributed by atoms with Gasteiger partial charge in [-0.1, -0.05) is 11.6 Å². The van der Waals surface area contributed by atoms with Crippen molar-refractivity contribution in [3.8, 4) is 5.88 Å². The Kier molecular flexibility index (Phi) is 6.72. The number of ether oxygens (including phenoxy) is 1. The molecule has 0 saturated carbocycles. The lowest BCUT2D eigenvalue weighted by Gasteiger charge is -2.16. The van der Waals surface area contributed by atoms with Crippen LogP contribution in [0.25, 0.3) is 5.65 Å². The topological polar surface area (TPSA) is 106 Å². The van der Waals surface area contributed by atoms with Gasteiger partial charge in [-0.05, 0) is 25.1 Å². The van der Waals surface area contributed by atoms with Crippen LogP contribution < -0.4 is 15.6 Å². The highest BCUT2D eigenvalue weighted by atomic mass is 35.5. The fourth-order valence-corrected chi connectivity index (χ4v) is 3.02. The number of hydrogen-bond donors (Lipinski definition) is 2. The molecule has 0 spiro atoms. The molecule has 2 N–H and O–H groups in total. The molecule has 3 heterocycles. The van der Waals surface area contributed by atoms with Gasteiger partial charge in [0.15, 0.2) is 12.3 Å². The number of aromatic nitrogens is 3. The van der Waals surface area contributed by atoms with Gasteiger partial charge in [-0.2, -0.15) is 18.2 Å². The third-order valence-corrected chi connectivity index (χ3v) is 4.60. The van der Waals surface area contributed by atoms with Crippen LogP contribution in [0.2, 0.25) is 5.15 Å². The van der Waals surface area contributed by atoms with E-state index in [2.05, 4.69) is 15.3 Å². The average molecular weight is 493 g/mol. The van der Waals surface area contributed by atoms with Gasteiger partial charge in [-0.25, -0.2) is 18.6 Å². The van der Waals surface area contributed by atoms with Gasteiger partial charge in [0.25, 0.3) is 12.0 Å². The number of aromatic carboxylic acids is 1. The molecule has 0 amide bonds. The highest BCUT2D eigenvalue weighted by molar-refractivity contribution is 6.29. The van der Waals surface area contributed by atoms with Crippen LogP contribution in [0.4, 0.5) is 27.6 Å². The first kappa shape index (κ1) is 24.2. The summed E-state index contributed by atoms with van der Waals surface area (Å²) in [7, 11) is 0. The molecule has 0 aliphatic carbocycles. The molecular weight excluding hydrogens is 479 g/mol. The largest absolute Gasteiger partial charge is 0.476 e. The Morgan fingerprint density at radius 3 is 2.61 bits per heavy atom. The Hall–Kier alpha value is -3.48. The minimum Gasteiger partial charge on any atom is -0.476 e. The Morgan fingerprint density at radius 2 is 2.00 bits per heavy atom. The number of carbonyl (C=O) groups is 1. The molecule has 14 heteroatoms. The van der Waals surface area contributed by atoms with Crippen molar-refractivity contribution in [2.24, 2.45) is 0 Å². The van der Waals surface area contributed by atoms with Gasteiger partial charge in [0.05, 0.1) is 16.8 Å². The maximum atomic E-state index is 13.4. The van der Waals surface area contributed by atoms with E-state index < -0.39 is 54.4 Å². The summed E-state index contributed by atoms with van der Waals surface area (Å²) in [5, 5.41) is 11.8. The summed E-state index contributed by atoms with van der Waals surface area (Å²) < 4.78 is 70.8. The highest BCUT2D eigenvalue weighted by Crippen LogP contribution is 2.31. The van der Waals surface area contributed by atoms with Crippen molar-refractivity contribution in [3.63, 3.8) is 0 Å². The third kappa shape index (κ3) is 5.30. The normalized spacial score (nSPS) is 11.8. The molecule has 0 aromatic carbocycles. The number of nitrogens with one attached hydrogen (secondary N) is 1. The molecule has 8 nitrogen and oxygen atoms in total. The predicted octanol–water partition coefficient (Wildman–Crippen LogP) is 4.02. The maximum Gasteiger partial charge on any atom is 0.417 e. The van der Waals surface area contributed by atoms with Crippen molar-refractivity contribution < 1.29 is 36.6 Å². The van der Waals surface area contributed by atoms with Crippen molar-refractivity contribution in [3.05, 3.63) is 62.3 Å². The van der Waals surface area contributed by atoms with Crippen molar-refractivity contribution in [2.45, 2.75) is 26.1 Å². The molecule has 0 fully saturated rings. The summed E-state index contributed by atoms with van der Waals surface area (Å²) in [5.41, 5.74) is -3.42. The lowest BCUT2D eigenvalue weighted by atomic mass is 10.1. The summed E-state index contributed by atoms with van der Waals surface area (Å²) in [6.07, 6.45) is -7.16. The van der Waals surface area contributed by atoms with Crippen LogP contribution >= 0.6 is 11.6 Å². The number of halogens is 6. The summed E-state index contributed by atoms with van der Waals surface area (Å²) in [5.74, 6) is -1.90. The van der Waals surface area contributed by atoms with E-state index in [4.69, 9.17) is 16.3 Å². The minimum atomic E-state index is -4.82. The van der Waals surface area contributed by atoms with E-state index in [1.807, 2.05) is 0 Å². The molecule has 0 aliphatic rings. The first-order chi connectivity index (χ1) is 15.4. The van der Waals surface area contributed by atoms with E-state index >= 15 is 0 Å². The molecule has 0 saturated heterocycles. The standard InChI is InChI=1S/C19H14ClF5N4O4/c1-8-16(33-7-13(21)22)28-15-9(4-10(19(23,24)25)6-29(15)17(8)30)5-26-11-2-3-12(20)27-14(11)18(31)32/h2-4,6,13,26H,5,7H2,1H3,(H,31,32). The third-order valence-electron chi connectivity index (χ3n) is 4.39. The van der Waals surface area contributed by atoms with E-state index in [1.165, 1.54) is 19.1 Å². The zero-order valence-corrected chi connectivity index (χ0v) is 17.3. The molecule has 3 rings (SSSR count). The fourth-order valence-electron chi connectivity index (χ4n) is 2.88. The van der Waals surface area contributed by atoms with Crippen LogP contribution in [0.1, 0.15) is 27.2 Å². The van der Waals surface area contributed by atoms with E-state index in [1.54, 1.807) is 0 Å². The number of fused-ring (bicyclic) bond motifs is 1. The Labute approximate surface area is 186 Å². The molecule has 0 radical (unpaired) electrons.